The number of carbonyl (C=O) groups is 1. The lowest BCUT2D eigenvalue weighted by molar-refractivity contribution is -0.132. The van der Waals surface area contributed by atoms with E-state index < -0.39 is 5.54 Å². The average Bonchev–Trinajstić information content (AvgIpc) is 2.93. The zero-order valence-corrected chi connectivity index (χ0v) is 15.2. The minimum absolute atomic E-state index is 0.0509. The van der Waals surface area contributed by atoms with Crippen LogP contribution in [-0.4, -0.2) is 16.8 Å². The molecule has 1 atom stereocenters. The molecular formula is C21H26N4O. The van der Waals surface area contributed by atoms with Gasteiger partial charge in [-0.05, 0) is 23.1 Å². The summed E-state index contributed by atoms with van der Waals surface area (Å²) in [6, 6.07) is 17.6. The first-order chi connectivity index (χ1) is 12.6. The molecule has 5 heteroatoms. The van der Waals surface area contributed by atoms with Gasteiger partial charge in [-0.2, -0.15) is 0 Å². The predicted octanol–water partition coefficient (Wildman–Crippen LogP) is 3.10. The third kappa shape index (κ3) is 3.35. The van der Waals surface area contributed by atoms with Gasteiger partial charge in [0.1, 0.15) is 5.54 Å². The van der Waals surface area contributed by atoms with Gasteiger partial charge in [0.2, 0.25) is 0 Å². The number of hydrogen-bond donors (Lipinski definition) is 3. The van der Waals surface area contributed by atoms with Crippen LogP contribution in [0, 0.1) is 5.41 Å². The van der Waals surface area contributed by atoms with E-state index in [2.05, 4.69) is 12.2 Å². The zero-order chi connectivity index (χ0) is 18.6. The van der Waals surface area contributed by atoms with Crippen LogP contribution in [0.5, 0.6) is 0 Å². The van der Waals surface area contributed by atoms with Crippen molar-refractivity contribution < 1.29 is 4.79 Å². The molecule has 3 rings (SSSR count). The van der Waals surface area contributed by atoms with Crippen LogP contribution < -0.4 is 11.1 Å². The summed E-state index contributed by atoms with van der Waals surface area (Å²) in [4.78, 5) is 14.9. The monoisotopic (exact) mass is 350 g/mol. The van der Waals surface area contributed by atoms with E-state index in [1.807, 2.05) is 54.6 Å². The van der Waals surface area contributed by atoms with Crippen molar-refractivity contribution in [1.29, 1.82) is 5.41 Å². The molecule has 0 bridgehead atoms. The third-order valence-electron chi connectivity index (χ3n) is 4.98. The molecule has 1 amide bonds. The standard InChI is InChI=1S/C21H26N4O/c1-2-3-13-21(18-7-5-4-6-8-18)19(26)25(20(23)24-21)15-17-11-9-16(14-22)10-12-17/h4-12H,2-3,13-15,22H2,1H3,(H2,23,24). The molecule has 1 aliphatic rings. The van der Waals surface area contributed by atoms with E-state index in [-0.39, 0.29) is 11.9 Å². The topological polar surface area (TPSA) is 82.2 Å². The maximum atomic E-state index is 13.4. The second-order valence-electron chi connectivity index (χ2n) is 6.76. The molecule has 2 aromatic rings. The van der Waals surface area contributed by atoms with Crippen LogP contribution in [0.25, 0.3) is 0 Å². The molecule has 136 valence electrons. The van der Waals surface area contributed by atoms with E-state index in [9.17, 15) is 4.79 Å². The van der Waals surface area contributed by atoms with E-state index >= 15 is 0 Å². The van der Waals surface area contributed by atoms with Gasteiger partial charge in [0, 0.05) is 6.54 Å². The summed E-state index contributed by atoms with van der Waals surface area (Å²) in [5.74, 6) is 0.114. The first-order valence-electron chi connectivity index (χ1n) is 9.13. The molecule has 0 aromatic heterocycles. The Kier molecular flexibility index (Phi) is 5.38. The molecule has 1 unspecified atom stereocenters. The van der Waals surface area contributed by atoms with Crippen molar-refractivity contribution in [3.8, 4) is 0 Å². The quantitative estimate of drug-likeness (QED) is 0.717. The number of nitrogens with zero attached hydrogens (tertiary/aromatic N) is 1. The lowest BCUT2D eigenvalue weighted by Crippen LogP contribution is -2.44. The maximum absolute atomic E-state index is 13.4. The highest BCUT2D eigenvalue weighted by Gasteiger charge is 2.50. The van der Waals surface area contributed by atoms with Gasteiger partial charge in [0.25, 0.3) is 5.91 Å². The molecular weight excluding hydrogens is 324 g/mol. The van der Waals surface area contributed by atoms with Gasteiger partial charge in [-0.3, -0.25) is 15.1 Å². The molecule has 0 saturated carbocycles. The van der Waals surface area contributed by atoms with E-state index in [1.54, 1.807) is 4.90 Å². The van der Waals surface area contributed by atoms with Crippen LogP contribution in [0.4, 0.5) is 0 Å². The number of guanidine groups is 1. The lowest BCUT2D eigenvalue weighted by atomic mass is 9.85. The Morgan fingerprint density at radius 1 is 1.08 bits per heavy atom. The summed E-state index contributed by atoms with van der Waals surface area (Å²) in [7, 11) is 0. The molecule has 4 N–H and O–H groups in total. The highest BCUT2D eigenvalue weighted by molar-refractivity contribution is 6.08. The number of hydrogen-bond acceptors (Lipinski definition) is 3. The number of nitrogens with one attached hydrogen (secondary N) is 2. The molecule has 5 nitrogen and oxygen atoms in total. The third-order valence-corrected chi connectivity index (χ3v) is 4.98. The van der Waals surface area contributed by atoms with Crippen LogP contribution in [0.3, 0.4) is 0 Å². The summed E-state index contributed by atoms with van der Waals surface area (Å²) < 4.78 is 0. The van der Waals surface area contributed by atoms with Gasteiger partial charge in [-0.15, -0.1) is 0 Å². The largest absolute Gasteiger partial charge is 0.338 e. The summed E-state index contributed by atoms with van der Waals surface area (Å²) in [6.07, 6.45) is 2.59. The Morgan fingerprint density at radius 3 is 2.35 bits per heavy atom. The predicted molar refractivity (Wildman–Crippen MR) is 103 cm³/mol. The molecule has 0 aliphatic carbocycles. The number of carbonyl (C=O) groups excluding carboxylic acids is 1. The number of amides is 1. The number of benzene rings is 2. The fourth-order valence-electron chi connectivity index (χ4n) is 3.44. The van der Waals surface area contributed by atoms with E-state index in [0.29, 0.717) is 19.5 Å². The van der Waals surface area contributed by atoms with Gasteiger partial charge in [-0.1, -0.05) is 74.4 Å². The normalized spacial score (nSPS) is 19.7. The molecule has 1 fully saturated rings. The van der Waals surface area contributed by atoms with Crippen molar-refractivity contribution in [2.45, 2.75) is 44.8 Å². The highest BCUT2D eigenvalue weighted by atomic mass is 16.2. The van der Waals surface area contributed by atoms with Crippen molar-refractivity contribution in [1.82, 2.24) is 10.2 Å². The van der Waals surface area contributed by atoms with Gasteiger partial charge in [-0.25, -0.2) is 0 Å². The molecule has 0 radical (unpaired) electrons. The van der Waals surface area contributed by atoms with Crippen LogP contribution >= 0.6 is 0 Å². The smallest absolute Gasteiger partial charge is 0.260 e. The van der Waals surface area contributed by atoms with E-state index in [4.69, 9.17) is 11.1 Å². The van der Waals surface area contributed by atoms with E-state index in [0.717, 1.165) is 29.5 Å². The summed E-state index contributed by atoms with van der Waals surface area (Å²) in [5.41, 5.74) is 7.76. The molecule has 2 aromatic carbocycles. The average molecular weight is 350 g/mol. The second-order valence-corrected chi connectivity index (χ2v) is 6.76. The molecule has 1 saturated heterocycles. The Labute approximate surface area is 154 Å². The summed E-state index contributed by atoms with van der Waals surface area (Å²) in [5, 5.41) is 11.6. The van der Waals surface area contributed by atoms with Crippen molar-refractivity contribution in [3.63, 3.8) is 0 Å². The van der Waals surface area contributed by atoms with Gasteiger partial charge in [0.05, 0.1) is 6.54 Å². The first-order valence-corrected chi connectivity index (χ1v) is 9.13. The van der Waals surface area contributed by atoms with Crippen molar-refractivity contribution in [2.24, 2.45) is 5.73 Å². The Morgan fingerprint density at radius 2 is 1.73 bits per heavy atom. The van der Waals surface area contributed by atoms with Crippen LogP contribution in [0.15, 0.2) is 54.6 Å². The number of nitrogens with two attached hydrogens (primary N) is 1. The van der Waals surface area contributed by atoms with Crippen molar-refractivity contribution >= 4 is 11.9 Å². The van der Waals surface area contributed by atoms with Crippen LogP contribution in [0.2, 0.25) is 0 Å². The Hall–Kier alpha value is -2.66. The van der Waals surface area contributed by atoms with Crippen molar-refractivity contribution in [3.05, 3.63) is 71.3 Å². The van der Waals surface area contributed by atoms with Crippen molar-refractivity contribution in [2.75, 3.05) is 0 Å². The first kappa shape index (κ1) is 18.1. The molecule has 26 heavy (non-hydrogen) atoms. The summed E-state index contributed by atoms with van der Waals surface area (Å²) in [6.45, 7) is 2.99. The highest BCUT2D eigenvalue weighted by Crippen LogP contribution is 2.34. The Balaban J connectivity index is 1.89. The maximum Gasteiger partial charge on any atom is 0.260 e. The molecule has 1 heterocycles. The van der Waals surface area contributed by atoms with Gasteiger partial charge < -0.3 is 11.1 Å². The Bertz CT molecular complexity index is 772. The van der Waals surface area contributed by atoms with Crippen LogP contribution in [-0.2, 0) is 23.4 Å². The number of unbranched alkanes of at least 4 members (excludes halogenated alkanes) is 1. The zero-order valence-electron chi connectivity index (χ0n) is 15.2. The van der Waals surface area contributed by atoms with E-state index in [1.165, 1.54) is 0 Å². The second kappa shape index (κ2) is 7.70. The van der Waals surface area contributed by atoms with Gasteiger partial charge >= 0.3 is 0 Å². The fraction of sp³-hybridized carbons (Fsp3) is 0.333. The SMILES string of the molecule is CCCCC1(c2ccccc2)NC(=N)N(Cc2ccc(CN)cc2)C1=O. The number of rotatable bonds is 7. The summed E-state index contributed by atoms with van der Waals surface area (Å²) >= 11 is 0. The minimum atomic E-state index is -0.842. The minimum Gasteiger partial charge on any atom is -0.338 e. The van der Waals surface area contributed by atoms with Crippen LogP contribution in [0.1, 0.15) is 42.9 Å². The molecule has 0 spiro atoms. The fourth-order valence-corrected chi connectivity index (χ4v) is 3.44. The van der Waals surface area contributed by atoms with Gasteiger partial charge in [0.15, 0.2) is 5.96 Å². The lowest BCUT2D eigenvalue weighted by Gasteiger charge is -2.27. The molecule has 1 aliphatic heterocycles.